The van der Waals surface area contributed by atoms with Gasteiger partial charge in [-0.3, -0.25) is 0 Å². The number of nitrogens with zero attached hydrogens (tertiary/aromatic N) is 3. The molecule has 0 bridgehead atoms. The van der Waals surface area contributed by atoms with Crippen molar-refractivity contribution in [3.05, 3.63) is 54.6 Å². The molecular formula is C19H16N4O6S. The molecule has 4 rings (SSSR count). The van der Waals surface area contributed by atoms with Crippen molar-refractivity contribution in [2.45, 2.75) is 0 Å². The summed E-state index contributed by atoms with van der Waals surface area (Å²) < 4.78 is 34.4. The summed E-state index contributed by atoms with van der Waals surface area (Å²) in [5.74, 6) is -0.495. The zero-order valence-corrected chi connectivity index (χ0v) is 16.4. The molecule has 11 heteroatoms. The molecule has 0 spiro atoms. The summed E-state index contributed by atoms with van der Waals surface area (Å²) in [5, 5.41) is 34.7. The third kappa shape index (κ3) is 3.47. The van der Waals surface area contributed by atoms with Gasteiger partial charge in [0.25, 0.3) is 0 Å². The van der Waals surface area contributed by atoms with Gasteiger partial charge in [0.2, 0.25) is 0 Å². The highest BCUT2D eigenvalue weighted by Crippen LogP contribution is 2.40. The van der Waals surface area contributed by atoms with Crippen LogP contribution in [-0.2, 0) is 10.3 Å². The number of aromatic nitrogens is 3. The molecule has 1 heterocycles. The minimum atomic E-state index is -4.41. The van der Waals surface area contributed by atoms with Crippen LogP contribution in [0.4, 0.5) is 0 Å². The van der Waals surface area contributed by atoms with Gasteiger partial charge in [0.05, 0.1) is 18.4 Å². The highest BCUT2D eigenvalue weighted by molar-refractivity contribution is 7.84. The molecule has 0 fully saturated rings. The molecule has 0 amide bonds. The molecule has 3 aromatic carbocycles. The molecule has 0 aliphatic heterocycles. The third-order valence-corrected chi connectivity index (χ3v) is 4.75. The lowest BCUT2D eigenvalue weighted by Crippen LogP contribution is -2.21. The molecule has 10 nitrogen and oxygen atoms in total. The van der Waals surface area contributed by atoms with Crippen LogP contribution in [0.1, 0.15) is 0 Å². The maximum absolute atomic E-state index is 11.6. The van der Waals surface area contributed by atoms with Gasteiger partial charge in [-0.2, -0.15) is 13.6 Å². The van der Waals surface area contributed by atoms with E-state index >= 15 is 0 Å². The number of methoxy groups -OCH3 is 1. The normalized spacial score (nSPS) is 11.5. The largest absolute Gasteiger partial charge is 0.507 e. The molecule has 0 saturated carbocycles. The monoisotopic (exact) mass is 428 g/mol. The second-order valence-corrected chi connectivity index (χ2v) is 7.41. The van der Waals surface area contributed by atoms with Gasteiger partial charge in [-0.05, 0) is 17.5 Å². The molecule has 1 aromatic heterocycles. The molecule has 0 saturated heterocycles. The Hall–Kier alpha value is -3.83. The van der Waals surface area contributed by atoms with Crippen molar-refractivity contribution in [2.75, 3.05) is 7.11 Å². The Morgan fingerprint density at radius 3 is 2.47 bits per heavy atom. The number of phenols is 2. The number of hydrogen-bond acceptors (Lipinski definition) is 8. The van der Waals surface area contributed by atoms with Gasteiger partial charge in [0.15, 0.2) is 17.3 Å². The van der Waals surface area contributed by atoms with Crippen molar-refractivity contribution in [1.82, 2.24) is 14.8 Å². The lowest BCUT2D eigenvalue weighted by atomic mass is 10.1. The lowest BCUT2D eigenvalue weighted by Gasteiger charge is -2.14. The first kappa shape index (κ1) is 19.5. The molecule has 0 aliphatic carbocycles. The minimum Gasteiger partial charge on any atom is -0.507 e. The number of hydrogen-bond donors (Lipinski definition) is 3. The van der Waals surface area contributed by atoms with Crippen LogP contribution in [0.15, 0.2) is 54.6 Å². The Morgan fingerprint density at radius 2 is 1.73 bits per heavy atom. The summed E-state index contributed by atoms with van der Waals surface area (Å²) in [4.78, 5) is 0. The van der Waals surface area contributed by atoms with Gasteiger partial charge in [-0.1, -0.05) is 41.5 Å². The Labute approximate surface area is 171 Å². The second-order valence-electron chi connectivity index (χ2n) is 6.26. The van der Waals surface area contributed by atoms with Crippen LogP contribution in [0.5, 0.6) is 23.3 Å². The first-order chi connectivity index (χ1) is 14.3. The topological polar surface area (TPSA) is 150 Å². The van der Waals surface area contributed by atoms with Crippen molar-refractivity contribution in [3.8, 4) is 40.3 Å². The van der Waals surface area contributed by atoms with Gasteiger partial charge in [-0.15, -0.1) is 5.10 Å². The van der Waals surface area contributed by atoms with E-state index in [-0.39, 0.29) is 28.6 Å². The Morgan fingerprint density at radius 1 is 1.00 bits per heavy atom. The standard InChI is InChI=1S/C19H16N4O6S/c1-28-17-9-13(15(24)10-16(17)25)18-21-22-19(29-30(20,26)27)23(18)14-8-4-6-11-5-2-3-7-12(11)14/h2-10,24-25H,1H3,(H2,20,26,27). The van der Waals surface area contributed by atoms with E-state index in [1.54, 1.807) is 12.1 Å². The second kappa shape index (κ2) is 7.21. The molecule has 0 aliphatic rings. The minimum absolute atomic E-state index is 0.0424. The summed E-state index contributed by atoms with van der Waals surface area (Å²) in [6.07, 6.45) is 0. The van der Waals surface area contributed by atoms with E-state index in [0.29, 0.717) is 5.69 Å². The molecule has 4 aromatic rings. The van der Waals surface area contributed by atoms with E-state index in [4.69, 9.17) is 14.1 Å². The Balaban J connectivity index is 2.05. The van der Waals surface area contributed by atoms with Crippen LogP contribution in [-0.4, -0.2) is 40.5 Å². The fourth-order valence-electron chi connectivity index (χ4n) is 3.12. The number of ether oxygens (including phenoxy) is 1. The molecule has 0 atom stereocenters. The van der Waals surface area contributed by atoms with Crippen molar-refractivity contribution in [3.63, 3.8) is 0 Å². The average Bonchev–Trinajstić information content (AvgIpc) is 3.09. The predicted molar refractivity (Wildman–Crippen MR) is 108 cm³/mol. The summed E-state index contributed by atoms with van der Waals surface area (Å²) in [5.41, 5.74) is 0.604. The van der Waals surface area contributed by atoms with Gasteiger partial charge in [0.1, 0.15) is 5.75 Å². The SMILES string of the molecule is COc1cc(-c2nnc(OS(N)(=O)=O)n2-c2cccc3ccccc23)c(O)cc1O. The van der Waals surface area contributed by atoms with E-state index in [2.05, 4.69) is 10.2 Å². The van der Waals surface area contributed by atoms with Gasteiger partial charge in [-0.25, -0.2) is 4.57 Å². The zero-order chi connectivity index (χ0) is 21.5. The first-order valence-corrected chi connectivity index (χ1v) is 10.0. The average molecular weight is 428 g/mol. The molecule has 0 radical (unpaired) electrons. The molecular weight excluding hydrogens is 412 g/mol. The first-order valence-electron chi connectivity index (χ1n) is 8.54. The van der Waals surface area contributed by atoms with Crippen LogP contribution < -0.4 is 14.1 Å². The van der Waals surface area contributed by atoms with Gasteiger partial charge in [0, 0.05) is 11.5 Å². The van der Waals surface area contributed by atoms with E-state index in [0.717, 1.165) is 16.8 Å². The van der Waals surface area contributed by atoms with Gasteiger partial charge >= 0.3 is 16.3 Å². The summed E-state index contributed by atoms with van der Waals surface area (Å²) in [6.45, 7) is 0. The summed E-state index contributed by atoms with van der Waals surface area (Å²) in [7, 11) is -3.06. The van der Waals surface area contributed by atoms with Crippen LogP contribution in [0.3, 0.4) is 0 Å². The fraction of sp³-hybridized carbons (Fsp3) is 0.0526. The van der Waals surface area contributed by atoms with E-state index in [1.807, 2.05) is 30.3 Å². The van der Waals surface area contributed by atoms with Crippen molar-refractivity contribution in [1.29, 1.82) is 0 Å². The van der Waals surface area contributed by atoms with Crippen LogP contribution in [0, 0.1) is 0 Å². The quantitative estimate of drug-likeness (QED) is 0.437. The third-order valence-electron chi connectivity index (χ3n) is 4.37. The van der Waals surface area contributed by atoms with Crippen molar-refractivity contribution < 1.29 is 27.6 Å². The predicted octanol–water partition coefficient (Wildman–Crippen LogP) is 2.09. The highest BCUT2D eigenvalue weighted by Gasteiger charge is 2.24. The van der Waals surface area contributed by atoms with E-state index in [1.165, 1.54) is 17.7 Å². The number of phenolic OH excluding ortho intramolecular Hbond substituents is 2. The van der Waals surface area contributed by atoms with E-state index < -0.39 is 16.3 Å². The number of aromatic hydroxyl groups is 2. The maximum atomic E-state index is 11.6. The zero-order valence-electron chi connectivity index (χ0n) is 15.6. The molecule has 154 valence electrons. The number of rotatable bonds is 5. The Bertz CT molecular complexity index is 1360. The van der Waals surface area contributed by atoms with Gasteiger partial charge < -0.3 is 19.1 Å². The smallest absolute Gasteiger partial charge is 0.382 e. The molecule has 4 N–H and O–H groups in total. The summed E-state index contributed by atoms with van der Waals surface area (Å²) >= 11 is 0. The molecule has 0 unspecified atom stereocenters. The fourth-order valence-corrected chi connectivity index (χ4v) is 3.44. The number of nitrogens with two attached hydrogens (primary N) is 1. The summed E-state index contributed by atoms with van der Waals surface area (Å²) in [6, 6.07) is 14.7. The van der Waals surface area contributed by atoms with Crippen LogP contribution in [0.2, 0.25) is 0 Å². The van der Waals surface area contributed by atoms with Crippen LogP contribution in [0.25, 0.3) is 27.8 Å². The Kier molecular flexibility index (Phi) is 4.68. The number of benzene rings is 3. The number of fused-ring (bicyclic) bond motifs is 1. The van der Waals surface area contributed by atoms with E-state index in [9.17, 15) is 18.6 Å². The lowest BCUT2D eigenvalue weighted by molar-refractivity contribution is 0.370. The molecule has 30 heavy (non-hydrogen) atoms. The van der Waals surface area contributed by atoms with Crippen LogP contribution >= 0.6 is 0 Å². The maximum Gasteiger partial charge on any atom is 0.382 e. The van der Waals surface area contributed by atoms with Crippen molar-refractivity contribution in [2.24, 2.45) is 5.14 Å². The highest BCUT2D eigenvalue weighted by atomic mass is 32.2. The van der Waals surface area contributed by atoms with Crippen molar-refractivity contribution >= 4 is 21.1 Å².